The maximum atomic E-state index is 9.86. The van der Waals surface area contributed by atoms with Crippen molar-refractivity contribution in [2.45, 2.75) is 0 Å². The van der Waals surface area contributed by atoms with Gasteiger partial charge in [0.15, 0.2) is 0 Å². The SMILES string of the molecule is O[n+]1cccc2c(OCCOCCOCCOCCOc3cccc4c3ccc[n+]4O)cccc21. The van der Waals surface area contributed by atoms with Crippen LogP contribution in [0.3, 0.4) is 0 Å². The number of rotatable bonds is 14. The molecule has 0 aliphatic carbocycles. The predicted octanol–water partition coefficient (Wildman–Crippen LogP) is 2.55. The first kappa shape index (κ1) is 24.5. The van der Waals surface area contributed by atoms with Gasteiger partial charge in [-0.1, -0.05) is 12.1 Å². The van der Waals surface area contributed by atoms with E-state index < -0.39 is 0 Å². The van der Waals surface area contributed by atoms with Crippen LogP contribution in [0.5, 0.6) is 11.5 Å². The molecule has 0 atom stereocenters. The summed E-state index contributed by atoms with van der Waals surface area (Å²) in [6.45, 7) is 3.53. The molecule has 0 aliphatic heterocycles. The number of fused-ring (bicyclic) bond motifs is 2. The first-order chi connectivity index (χ1) is 17.2. The zero-order valence-electron chi connectivity index (χ0n) is 19.4. The quantitative estimate of drug-likeness (QED) is 0.162. The molecule has 0 spiro atoms. The molecule has 35 heavy (non-hydrogen) atoms. The smallest absolute Gasteiger partial charge is 0.268 e. The van der Waals surface area contributed by atoms with Crippen molar-refractivity contribution in [2.75, 3.05) is 52.9 Å². The Morgan fingerprint density at radius 2 is 0.886 bits per heavy atom. The fraction of sp³-hybridized carbons (Fsp3) is 0.308. The van der Waals surface area contributed by atoms with Gasteiger partial charge >= 0.3 is 0 Å². The van der Waals surface area contributed by atoms with Crippen LogP contribution in [-0.2, 0) is 14.2 Å². The van der Waals surface area contributed by atoms with E-state index in [0.29, 0.717) is 75.4 Å². The van der Waals surface area contributed by atoms with Gasteiger partial charge in [-0.15, -0.1) is 0 Å². The molecule has 2 aromatic heterocycles. The molecule has 4 aromatic rings. The lowest BCUT2D eigenvalue weighted by molar-refractivity contribution is -0.884. The van der Waals surface area contributed by atoms with Crippen LogP contribution in [0.4, 0.5) is 0 Å². The predicted molar refractivity (Wildman–Crippen MR) is 126 cm³/mol. The lowest BCUT2D eigenvalue weighted by atomic mass is 10.2. The summed E-state index contributed by atoms with van der Waals surface area (Å²) in [6, 6.07) is 18.4. The van der Waals surface area contributed by atoms with Gasteiger partial charge in [-0.2, -0.15) is 0 Å². The van der Waals surface area contributed by atoms with E-state index in [9.17, 15) is 10.4 Å². The second-order valence-corrected chi connectivity index (χ2v) is 7.62. The number of aromatic nitrogens is 2. The number of hydrogen-bond donors (Lipinski definition) is 2. The van der Waals surface area contributed by atoms with Crippen LogP contribution in [0.15, 0.2) is 73.1 Å². The fourth-order valence-corrected chi connectivity index (χ4v) is 3.62. The van der Waals surface area contributed by atoms with Gasteiger partial charge in [0, 0.05) is 33.7 Å². The van der Waals surface area contributed by atoms with E-state index in [-0.39, 0.29) is 0 Å². The van der Waals surface area contributed by atoms with Crippen LogP contribution in [0.2, 0.25) is 0 Å². The topological polar surface area (TPSA) is 94.4 Å². The Morgan fingerprint density at radius 1 is 0.486 bits per heavy atom. The van der Waals surface area contributed by atoms with Gasteiger partial charge in [-0.25, -0.2) is 0 Å². The molecule has 0 aliphatic rings. The third kappa shape index (κ3) is 6.69. The van der Waals surface area contributed by atoms with Gasteiger partial charge in [0.25, 0.3) is 11.0 Å². The highest BCUT2D eigenvalue weighted by Crippen LogP contribution is 2.23. The zero-order chi connectivity index (χ0) is 24.3. The molecule has 2 N–H and O–H groups in total. The van der Waals surface area contributed by atoms with E-state index in [0.717, 1.165) is 20.2 Å². The van der Waals surface area contributed by atoms with E-state index >= 15 is 0 Å². The zero-order valence-corrected chi connectivity index (χ0v) is 19.4. The summed E-state index contributed by atoms with van der Waals surface area (Å²) < 4.78 is 30.3. The average molecular weight is 483 g/mol. The van der Waals surface area contributed by atoms with Crippen LogP contribution < -0.4 is 18.9 Å². The molecule has 0 unspecified atom stereocenters. The minimum absolute atomic E-state index is 0.400. The van der Waals surface area contributed by atoms with Gasteiger partial charge in [-0.3, -0.25) is 10.4 Å². The Morgan fingerprint density at radius 3 is 1.31 bits per heavy atom. The maximum Gasteiger partial charge on any atom is 0.268 e. The van der Waals surface area contributed by atoms with Crippen molar-refractivity contribution in [3.05, 3.63) is 73.1 Å². The van der Waals surface area contributed by atoms with Crippen molar-refractivity contribution >= 4 is 21.8 Å². The Kier molecular flexibility index (Phi) is 8.88. The van der Waals surface area contributed by atoms with E-state index in [2.05, 4.69) is 0 Å². The summed E-state index contributed by atoms with van der Waals surface area (Å²) in [5.41, 5.74) is 1.36. The molecule has 9 nitrogen and oxygen atoms in total. The van der Waals surface area contributed by atoms with Gasteiger partial charge in [0.1, 0.15) is 24.7 Å². The number of hydrogen-bond acceptors (Lipinski definition) is 7. The minimum atomic E-state index is 0.400. The monoisotopic (exact) mass is 482 g/mol. The minimum Gasteiger partial charge on any atom is -0.490 e. The molecule has 2 heterocycles. The summed E-state index contributed by atoms with van der Waals surface area (Å²) in [5, 5.41) is 21.4. The molecule has 0 bridgehead atoms. The van der Waals surface area contributed by atoms with E-state index in [1.54, 1.807) is 24.5 Å². The summed E-state index contributed by atoms with van der Waals surface area (Å²) in [7, 11) is 0. The first-order valence-electron chi connectivity index (χ1n) is 11.5. The molecule has 9 heteroatoms. The normalized spacial score (nSPS) is 11.2. The second-order valence-electron chi connectivity index (χ2n) is 7.62. The molecule has 0 saturated heterocycles. The van der Waals surface area contributed by atoms with Crippen LogP contribution in [0, 0.1) is 0 Å². The highest BCUT2D eigenvalue weighted by Gasteiger charge is 2.12. The molecule has 2 aromatic carbocycles. The second kappa shape index (κ2) is 12.7. The Hall–Kier alpha value is -3.66. The van der Waals surface area contributed by atoms with Crippen LogP contribution in [0.1, 0.15) is 0 Å². The summed E-state index contributed by atoms with van der Waals surface area (Å²) >= 11 is 0. The fourth-order valence-electron chi connectivity index (χ4n) is 3.62. The molecule has 0 fully saturated rings. The summed E-state index contributed by atoms with van der Waals surface area (Å²) in [6.07, 6.45) is 3.15. The Labute approximate surface area is 203 Å². The van der Waals surface area contributed by atoms with Crippen LogP contribution in [0.25, 0.3) is 21.8 Å². The van der Waals surface area contributed by atoms with Crippen molar-refractivity contribution < 1.29 is 43.6 Å². The number of benzene rings is 2. The van der Waals surface area contributed by atoms with Crippen molar-refractivity contribution in [3.63, 3.8) is 0 Å². The molecule has 0 amide bonds. The Bertz CT molecular complexity index is 1140. The average Bonchev–Trinajstić information content (AvgIpc) is 2.88. The van der Waals surface area contributed by atoms with Crippen LogP contribution >= 0.6 is 0 Å². The van der Waals surface area contributed by atoms with Gasteiger partial charge in [0.2, 0.25) is 12.4 Å². The van der Waals surface area contributed by atoms with Crippen molar-refractivity contribution in [2.24, 2.45) is 0 Å². The largest absolute Gasteiger partial charge is 0.490 e. The van der Waals surface area contributed by atoms with Crippen molar-refractivity contribution in [1.29, 1.82) is 0 Å². The molecule has 4 rings (SSSR count). The standard InChI is InChI=1S/C26H30N2O7/c29-27-11-3-5-21-23(27)7-1-9-25(21)34-19-17-32-15-13-31-14-16-33-18-20-35-26-10-2-8-24-22(26)6-4-12-28(24)30/h1-12,29-30H,13-20H2/q+2. The molecule has 0 saturated carbocycles. The van der Waals surface area contributed by atoms with E-state index in [1.807, 2.05) is 48.5 Å². The van der Waals surface area contributed by atoms with Gasteiger partial charge < -0.3 is 23.7 Å². The van der Waals surface area contributed by atoms with E-state index in [4.69, 9.17) is 23.7 Å². The highest BCUT2D eigenvalue weighted by atomic mass is 16.6. The lowest BCUT2D eigenvalue weighted by Crippen LogP contribution is -2.29. The van der Waals surface area contributed by atoms with Crippen molar-refractivity contribution in [3.8, 4) is 11.5 Å². The summed E-state index contributed by atoms with van der Waals surface area (Å²) in [5.74, 6) is 1.40. The highest BCUT2D eigenvalue weighted by molar-refractivity contribution is 5.83. The number of ether oxygens (including phenoxy) is 5. The molecular weight excluding hydrogens is 452 g/mol. The summed E-state index contributed by atoms with van der Waals surface area (Å²) in [4.78, 5) is 0. The Balaban J connectivity index is 1.02. The van der Waals surface area contributed by atoms with Crippen molar-refractivity contribution in [1.82, 2.24) is 0 Å². The molecular formula is C26H30N2O7+2. The maximum absolute atomic E-state index is 9.86. The van der Waals surface area contributed by atoms with Gasteiger partial charge in [0.05, 0.1) is 50.4 Å². The van der Waals surface area contributed by atoms with E-state index in [1.165, 1.54) is 0 Å². The molecule has 184 valence electrons. The van der Waals surface area contributed by atoms with Gasteiger partial charge in [-0.05, 0) is 24.3 Å². The number of nitrogens with zero attached hydrogens (tertiary/aromatic N) is 2. The third-order valence-electron chi connectivity index (χ3n) is 5.27. The number of pyridine rings is 2. The third-order valence-corrected chi connectivity index (χ3v) is 5.27. The first-order valence-corrected chi connectivity index (χ1v) is 11.5. The lowest BCUT2D eigenvalue weighted by Gasteiger charge is -2.10. The molecule has 0 radical (unpaired) electrons. The van der Waals surface area contributed by atoms with Crippen LogP contribution in [-0.4, -0.2) is 63.3 Å².